The highest BCUT2D eigenvalue weighted by Gasteiger charge is 2.35. The molecule has 1 aromatic rings. The fourth-order valence-electron chi connectivity index (χ4n) is 2.64. The summed E-state index contributed by atoms with van der Waals surface area (Å²) in [4.78, 5) is 25.3. The number of hydrogen-bond acceptors (Lipinski definition) is 3. The van der Waals surface area contributed by atoms with Crippen LogP contribution in [0, 0.1) is 11.3 Å². The molecule has 5 nitrogen and oxygen atoms in total. The Bertz CT molecular complexity index is 659. The van der Waals surface area contributed by atoms with E-state index in [1.165, 1.54) is 17.0 Å². The van der Waals surface area contributed by atoms with Crippen LogP contribution in [0.25, 0.3) is 0 Å². The molecule has 128 valence electrons. The summed E-state index contributed by atoms with van der Waals surface area (Å²) in [5.41, 5.74) is -1.38. The Labute approximate surface area is 137 Å². The van der Waals surface area contributed by atoms with E-state index >= 15 is 0 Å². The summed E-state index contributed by atoms with van der Waals surface area (Å²) < 4.78 is 38.8. The molecule has 2 amide bonds. The zero-order valence-corrected chi connectivity index (χ0v) is 12.8. The van der Waals surface area contributed by atoms with Crippen molar-refractivity contribution >= 4 is 11.8 Å². The van der Waals surface area contributed by atoms with E-state index in [4.69, 9.17) is 5.26 Å². The SMILES string of the molecule is N#CCC(=O)N1CCC(NC(=O)c2ccccc2C(F)(F)F)CC1. The van der Waals surface area contributed by atoms with E-state index in [1.54, 1.807) is 6.07 Å². The third-order valence-corrected chi connectivity index (χ3v) is 3.89. The zero-order chi connectivity index (χ0) is 17.7. The van der Waals surface area contributed by atoms with Crippen molar-refractivity contribution in [2.45, 2.75) is 31.5 Å². The number of nitriles is 1. The summed E-state index contributed by atoms with van der Waals surface area (Å²) in [6, 6.07) is 6.11. The molecule has 1 aliphatic rings. The second kappa shape index (κ2) is 7.34. The van der Waals surface area contributed by atoms with Gasteiger partial charge in [-0.3, -0.25) is 9.59 Å². The second-order valence-corrected chi connectivity index (χ2v) is 5.51. The quantitative estimate of drug-likeness (QED) is 0.919. The molecule has 1 saturated heterocycles. The number of amides is 2. The van der Waals surface area contributed by atoms with Gasteiger partial charge in [-0.05, 0) is 25.0 Å². The molecule has 0 spiro atoms. The maximum Gasteiger partial charge on any atom is 0.417 e. The molecule has 8 heteroatoms. The van der Waals surface area contributed by atoms with E-state index < -0.39 is 23.2 Å². The first-order valence-corrected chi connectivity index (χ1v) is 7.44. The molecule has 0 unspecified atom stereocenters. The molecule has 0 bridgehead atoms. The van der Waals surface area contributed by atoms with Crippen LogP contribution >= 0.6 is 0 Å². The molecule has 0 saturated carbocycles. The van der Waals surface area contributed by atoms with Gasteiger partial charge in [-0.25, -0.2) is 0 Å². The van der Waals surface area contributed by atoms with E-state index in [2.05, 4.69) is 5.32 Å². The van der Waals surface area contributed by atoms with Crippen molar-refractivity contribution in [3.05, 3.63) is 35.4 Å². The van der Waals surface area contributed by atoms with Gasteiger partial charge in [0.15, 0.2) is 0 Å². The largest absolute Gasteiger partial charge is 0.417 e. The number of hydrogen-bond donors (Lipinski definition) is 1. The van der Waals surface area contributed by atoms with Gasteiger partial charge in [0.2, 0.25) is 5.91 Å². The number of benzene rings is 1. The lowest BCUT2D eigenvalue weighted by atomic mass is 10.0. The number of likely N-dealkylation sites (tertiary alicyclic amines) is 1. The first kappa shape index (κ1) is 17.8. The first-order chi connectivity index (χ1) is 11.3. The minimum Gasteiger partial charge on any atom is -0.349 e. The number of nitrogens with zero attached hydrogens (tertiary/aromatic N) is 2. The van der Waals surface area contributed by atoms with Crippen LogP contribution < -0.4 is 5.32 Å². The lowest BCUT2D eigenvalue weighted by molar-refractivity contribution is -0.138. The molecule has 1 aromatic carbocycles. The van der Waals surface area contributed by atoms with Crippen molar-refractivity contribution in [1.29, 1.82) is 5.26 Å². The van der Waals surface area contributed by atoms with Gasteiger partial charge in [-0.2, -0.15) is 18.4 Å². The predicted molar refractivity (Wildman–Crippen MR) is 78.7 cm³/mol. The van der Waals surface area contributed by atoms with Crippen LogP contribution in [-0.2, 0) is 11.0 Å². The number of piperidine rings is 1. The molecule has 1 fully saturated rings. The van der Waals surface area contributed by atoms with Crippen molar-refractivity contribution in [3.8, 4) is 6.07 Å². The second-order valence-electron chi connectivity index (χ2n) is 5.51. The summed E-state index contributed by atoms with van der Waals surface area (Å²) in [6.45, 7) is 0.735. The minimum absolute atomic E-state index is 0.198. The normalized spacial score (nSPS) is 15.7. The summed E-state index contributed by atoms with van der Waals surface area (Å²) in [5, 5.41) is 11.1. The van der Waals surface area contributed by atoms with E-state index in [0.29, 0.717) is 25.9 Å². The maximum absolute atomic E-state index is 12.9. The van der Waals surface area contributed by atoms with Gasteiger partial charge in [-0.15, -0.1) is 0 Å². The van der Waals surface area contributed by atoms with Gasteiger partial charge in [-0.1, -0.05) is 12.1 Å². The molecule has 1 aliphatic heterocycles. The molecule has 0 atom stereocenters. The molecule has 1 heterocycles. The zero-order valence-electron chi connectivity index (χ0n) is 12.8. The highest BCUT2D eigenvalue weighted by molar-refractivity contribution is 5.96. The van der Waals surface area contributed by atoms with Crippen LogP contribution in [0.3, 0.4) is 0 Å². The Morgan fingerprint density at radius 2 is 1.88 bits per heavy atom. The smallest absolute Gasteiger partial charge is 0.349 e. The van der Waals surface area contributed by atoms with Gasteiger partial charge in [0.1, 0.15) is 6.42 Å². The van der Waals surface area contributed by atoms with Crippen LogP contribution in [0.1, 0.15) is 35.2 Å². The summed E-state index contributed by atoms with van der Waals surface area (Å²) in [7, 11) is 0. The highest BCUT2D eigenvalue weighted by atomic mass is 19.4. The highest BCUT2D eigenvalue weighted by Crippen LogP contribution is 2.31. The lowest BCUT2D eigenvalue weighted by Gasteiger charge is -2.32. The number of halogens is 3. The Morgan fingerprint density at radius 3 is 2.46 bits per heavy atom. The van der Waals surface area contributed by atoms with Crippen LogP contribution in [0.2, 0.25) is 0 Å². The minimum atomic E-state index is -4.60. The third-order valence-electron chi connectivity index (χ3n) is 3.89. The van der Waals surface area contributed by atoms with Crippen LogP contribution in [0.5, 0.6) is 0 Å². The number of carbonyl (C=O) groups excluding carboxylic acids is 2. The fraction of sp³-hybridized carbons (Fsp3) is 0.438. The summed E-state index contributed by atoms with van der Waals surface area (Å²) in [6.07, 6.45) is -3.91. The van der Waals surface area contributed by atoms with Crippen LogP contribution in [0.4, 0.5) is 13.2 Å². The van der Waals surface area contributed by atoms with Crippen molar-refractivity contribution in [3.63, 3.8) is 0 Å². The molecule has 1 N–H and O–H groups in total. The first-order valence-electron chi connectivity index (χ1n) is 7.44. The van der Waals surface area contributed by atoms with Crippen LogP contribution in [0.15, 0.2) is 24.3 Å². The summed E-state index contributed by atoms with van der Waals surface area (Å²) in [5.74, 6) is -1.05. The number of rotatable bonds is 3. The van der Waals surface area contributed by atoms with E-state index in [9.17, 15) is 22.8 Å². The number of nitrogens with one attached hydrogen (secondary N) is 1. The van der Waals surface area contributed by atoms with Crippen molar-refractivity contribution in [2.75, 3.05) is 13.1 Å². The Balaban J connectivity index is 1.98. The third kappa shape index (κ3) is 4.25. The fourth-order valence-corrected chi connectivity index (χ4v) is 2.64. The van der Waals surface area contributed by atoms with Crippen molar-refractivity contribution in [2.24, 2.45) is 0 Å². The van der Waals surface area contributed by atoms with Gasteiger partial charge >= 0.3 is 6.18 Å². The maximum atomic E-state index is 12.9. The van der Waals surface area contributed by atoms with Gasteiger partial charge in [0.05, 0.1) is 17.2 Å². The molecule has 24 heavy (non-hydrogen) atoms. The molecule has 0 radical (unpaired) electrons. The molecular weight excluding hydrogens is 323 g/mol. The number of alkyl halides is 3. The average Bonchev–Trinajstić information content (AvgIpc) is 2.55. The Hall–Kier alpha value is -2.56. The summed E-state index contributed by atoms with van der Waals surface area (Å²) >= 11 is 0. The lowest BCUT2D eigenvalue weighted by Crippen LogP contribution is -2.46. The topological polar surface area (TPSA) is 73.2 Å². The van der Waals surface area contributed by atoms with Gasteiger partial charge < -0.3 is 10.2 Å². The standard InChI is InChI=1S/C16H16F3N3O2/c17-16(18,19)13-4-2-1-3-12(13)15(24)21-11-6-9-22(10-7-11)14(23)5-8-20/h1-4,11H,5-7,9-10H2,(H,21,24). The van der Waals surface area contributed by atoms with Gasteiger partial charge in [0, 0.05) is 19.1 Å². The van der Waals surface area contributed by atoms with E-state index in [-0.39, 0.29) is 18.4 Å². The Morgan fingerprint density at radius 1 is 1.25 bits per heavy atom. The predicted octanol–water partition coefficient (Wildman–Crippen LogP) is 2.34. The average molecular weight is 339 g/mol. The monoisotopic (exact) mass is 339 g/mol. The molecule has 0 aliphatic carbocycles. The van der Waals surface area contributed by atoms with E-state index in [1.807, 2.05) is 0 Å². The molecular formula is C16H16F3N3O2. The molecule has 2 rings (SSSR count). The van der Waals surface area contributed by atoms with Gasteiger partial charge in [0.25, 0.3) is 5.91 Å². The number of carbonyl (C=O) groups is 2. The van der Waals surface area contributed by atoms with Crippen molar-refractivity contribution in [1.82, 2.24) is 10.2 Å². The Kier molecular flexibility index (Phi) is 5.44. The van der Waals surface area contributed by atoms with Crippen LogP contribution in [-0.4, -0.2) is 35.8 Å². The van der Waals surface area contributed by atoms with Crippen molar-refractivity contribution < 1.29 is 22.8 Å². The molecule has 0 aromatic heterocycles. The van der Waals surface area contributed by atoms with E-state index in [0.717, 1.165) is 12.1 Å².